The first-order valence-corrected chi connectivity index (χ1v) is 5.38. The van der Waals surface area contributed by atoms with Crippen molar-refractivity contribution in [2.24, 2.45) is 0 Å². The Morgan fingerprint density at radius 1 is 1.29 bits per heavy atom. The van der Waals surface area contributed by atoms with Crippen molar-refractivity contribution in [2.45, 2.75) is 6.42 Å². The van der Waals surface area contributed by atoms with Gasteiger partial charge in [0.15, 0.2) is 5.76 Å². The molecule has 4 nitrogen and oxygen atoms in total. The van der Waals surface area contributed by atoms with Crippen LogP contribution in [0.2, 0.25) is 0 Å². The third-order valence-corrected chi connectivity index (χ3v) is 2.45. The topological polar surface area (TPSA) is 46.3 Å². The van der Waals surface area contributed by atoms with E-state index in [0.717, 1.165) is 5.56 Å². The summed E-state index contributed by atoms with van der Waals surface area (Å²) in [6.45, 7) is 0. The zero-order chi connectivity index (χ0) is 12.3. The Bertz CT molecular complexity index is 503. The predicted octanol–water partition coefficient (Wildman–Crippen LogP) is 1.97. The lowest BCUT2D eigenvalue weighted by Gasteiger charge is -2.07. The summed E-state index contributed by atoms with van der Waals surface area (Å²) in [6, 6.07) is 11.5. The largest absolute Gasteiger partial charge is 0.356 e. The van der Waals surface area contributed by atoms with Crippen LogP contribution in [0.5, 0.6) is 0 Å². The Hall–Kier alpha value is -2.10. The Morgan fingerprint density at radius 2 is 2.00 bits per heavy atom. The number of rotatable bonds is 3. The first-order valence-electron chi connectivity index (χ1n) is 5.38. The number of hydrogen-bond donors (Lipinski definition) is 0. The monoisotopic (exact) mass is 230 g/mol. The molecule has 1 aromatic carbocycles. The van der Waals surface area contributed by atoms with Crippen molar-refractivity contribution in [2.75, 3.05) is 14.1 Å². The number of likely N-dealkylation sites (N-methyl/N-ethyl adjacent to an activating group) is 1. The third kappa shape index (κ3) is 2.72. The van der Waals surface area contributed by atoms with Crippen LogP contribution in [0.25, 0.3) is 11.3 Å². The maximum Gasteiger partial charge on any atom is 0.228 e. The first-order chi connectivity index (χ1) is 8.16. The molecule has 17 heavy (non-hydrogen) atoms. The molecule has 0 bridgehead atoms. The van der Waals surface area contributed by atoms with Gasteiger partial charge in [-0.1, -0.05) is 35.5 Å². The summed E-state index contributed by atoms with van der Waals surface area (Å²) in [5.41, 5.74) is 1.62. The normalized spacial score (nSPS) is 10.2. The van der Waals surface area contributed by atoms with Gasteiger partial charge >= 0.3 is 0 Å². The fourth-order valence-corrected chi connectivity index (χ4v) is 1.45. The van der Waals surface area contributed by atoms with Gasteiger partial charge in [-0.2, -0.15) is 0 Å². The summed E-state index contributed by atoms with van der Waals surface area (Å²) in [5.74, 6) is 0.699. The van der Waals surface area contributed by atoms with E-state index in [4.69, 9.17) is 4.52 Å². The molecule has 0 atom stereocenters. The molecule has 1 heterocycles. The lowest BCUT2D eigenvalue weighted by Crippen LogP contribution is -2.23. The van der Waals surface area contributed by atoms with Crippen LogP contribution in [0.1, 0.15) is 5.69 Å². The zero-order valence-electron chi connectivity index (χ0n) is 9.88. The van der Waals surface area contributed by atoms with Gasteiger partial charge in [-0.25, -0.2) is 0 Å². The van der Waals surface area contributed by atoms with Gasteiger partial charge in [0.25, 0.3) is 0 Å². The number of aromatic nitrogens is 1. The van der Waals surface area contributed by atoms with Crippen molar-refractivity contribution in [1.82, 2.24) is 10.1 Å². The van der Waals surface area contributed by atoms with Gasteiger partial charge in [-0.3, -0.25) is 4.79 Å². The molecular formula is C13H14N2O2. The van der Waals surface area contributed by atoms with E-state index >= 15 is 0 Å². The van der Waals surface area contributed by atoms with Crippen LogP contribution in [-0.4, -0.2) is 30.1 Å². The summed E-state index contributed by atoms with van der Waals surface area (Å²) < 4.78 is 5.21. The molecule has 0 aliphatic rings. The molecule has 0 N–H and O–H groups in total. The van der Waals surface area contributed by atoms with Crippen LogP contribution >= 0.6 is 0 Å². The number of benzene rings is 1. The number of amides is 1. The van der Waals surface area contributed by atoms with E-state index in [0.29, 0.717) is 11.5 Å². The highest BCUT2D eigenvalue weighted by Gasteiger charge is 2.11. The summed E-state index contributed by atoms with van der Waals surface area (Å²) in [7, 11) is 3.45. The second-order valence-corrected chi connectivity index (χ2v) is 4.01. The van der Waals surface area contributed by atoms with Gasteiger partial charge in [0.1, 0.15) is 0 Å². The van der Waals surface area contributed by atoms with Crippen molar-refractivity contribution in [3.63, 3.8) is 0 Å². The number of hydrogen-bond acceptors (Lipinski definition) is 3. The number of carbonyl (C=O) groups is 1. The molecule has 0 spiro atoms. The van der Waals surface area contributed by atoms with E-state index in [1.54, 1.807) is 20.2 Å². The Morgan fingerprint density at radius 3 is 2.65 bits per heavy atom. The molecule has 2 aromatic rings. The molecule has 0 radical (unpaired) electrons. The first kappa shape index (κ1) is 11.4. The smallest absolute Gasteiger partial charge is 0.228 e. The van der Waals surface area contributed by atoms with Crippen molar-refractivity contribution in [3.8, 4) is 11.3 Å². The SMILES string of the molecule is CN(C)C(=O)Cc1cc(-c2ccccc2)on1. The molecule has 0 fully saturated rings. The van der Waals surface area contributed by atoms with Crippen LogP contribution in [0.15, 0.2) is 40.9 Å². The second-order valence-electron chi connectivity index (χ2n) is 4.01. The highest BCUT2D eigenvalue weighted by atomic mass is 16.5. The van der Waals surface area contributed by atoms with Crippen LogP contribution < -0.4 is 0 Å². The van der Waals surface area contributed by atoms with Gasteiger partial charge in [-0.15, -0.1) is 0 Å². The number of nitrogens with zero attached hydrogens (tertiary/aromatic N) is 2. The van der Waals surface area contributed by atoms with E-state index in [9.17, 15) is 4.79 Å². The fourth-order valence-electron chi connectivity index (χ4n) is 1.45. The molecule has 0 unspecified atom stereocenters. The van der Waals surface area contributed by atoms with Crippen molar-refractivity contribution >= 4 is 5.91 Å². The zero-order valence-corrected chi connectivity index (χ0v) is 9.88. The minimum atomic E-state index is 0.0120. The predicted molar refractivity (Wildman–Crippen MR) is 64.3 cm³/mol. The highest BCUT2D eigenvalue weighted by Crippen LogP contribution is 2.19. The molecule has 88 valence electrons. The summed E-state index contributed by atoms with van der Waals surface area (Å²) in [4.78, 5) is 13.0. The molecule has 1 amide bonds. The van der Waals surface area contributed by atoms with E-state index in [1.807, 2.05) is 30.3 Å². The third-order valence-electron chi connectivity index (χ3n) is 2.45. The van der Waals surface area contributed by atoms with Gasteiger partial charge in [0.2, 0.25) is 5.91 Å². The van der Waals surface area contributed by atoms with Crippen LogP contribution in [0.3, 0.4) is 0 Å². The quantitative estimate of drug-likeness (QED) is 0.809. The van der Waals surface area contributed by atoms with Crippen LogP contribution in [-0.2, 0) is 11.2 Å². The molecular weight excluding hydrogens is 216 g/mol. The van der Waals surface area contributed by atoms with E-state index in [1.165, 1.54) is 4.90 Å². The standard InChI is InChI=1S/C13H14N2O2/c1-15(2)13(16)9-11-8-12(17-14-11)10-6-4-3-5-7-10/h3-8H,9H2,1-2H3. The Kier molecular flexibility index (Phi) is 3.23. The minimum absolute atomic E-state index is 0.0120. The van der Waals surface area contributed by atoms with Crippen LogP contribution in [0, 0.1) is 0 Å². The molecule has 0 saturated carbocycles. The van der Waals surface area contributed by atoms with E-state index in [2.05, 4.69) is 5.16 Å². The average Bonchev–Trinajstić information content (AvgIpc) is 2.78. The van der Waals surface area contributed by atoms with Crippen molar-refractivity contribution in [1.29, 1.82) is 0 Å². The maximum absolute atomic E-state index is 11.5. The van der Waals surface area contributed by atoms with Gasteiger partial charge in [-0.05, 0) is 0 Å². The maximum atomic E-state index is 11.5. The van der Waals surface area contributed by atoms with Crippen molar-refractivity contribution < 1.29 is 9.32 Å². The summed E-state index contributed by atoms with van der Waals surface area (Å²) in [6.07, 6.45) is 0.267. The van der Waals surface area contributed by atoms with Gasteiger partial charge < -0.3 is 9.42 Å². The molecule has 0 aliphatic heterocycles. The van der Waals surface area contributed by atoms with E-state index in [-0.39, 0.29) is 12.3 Å². The summed E-state index contributed by atoms with van der Waals surface area (Å²) >= 11 is 0. The van der Waals surface area contributed by atoms with Gasteiger partial charge in [0.05, 0.1) is 12.1 Å². The van der Waals surface area contributed by atoms with Gasteiger partial charge in [0, 0.05) is 25.7 Å². The van der Waals surface area contributed by atoms with E-state index < -0.39 is 0 Å². The molecule has 1 aromatic heterocycles. The Balaban J connectivity index is 2.14. The minimum Gasteiger partial charge on any atom is -0.356 e. The average molecular weight is 230 g/mol. The Labute approximate surface area is 99.8 Å². The lowest BCUT2D eigenvalue weighted by molar-refractivity contribution is -0.128. The number of carbonyl (C=O) groups excluding carboxylic acids is 1. The second kappa shape index (κ2) is 4.82. The summed E-state index contributed by atoms with van der Waals surface area (Å²) in [5, 5.41) is 3.89. The highest BCUT2D eigenvalue weighted by molar-refractivity contribution is 5.78. The fraction of sp³-hybridized carbons (Fsp3) is 0.231. The lowest BCUT2D eigenvalue weighted by atomic mass is 10.1. The molecule has 2 rings (SSSR count). The molecule has 0 saturated heterocycles. The molecule has 4 heteroatoms. The van der Waals surface area contributed by atoms with Crippen molar-refractivity contribution in [3.05, 3.63) is 42.1 Å². The van der Waals surface area contributed by atoms with Crippen LogP contribution in [0.4, 0.5) is 0 Å². The molecule has 0 aliphatic carbocycles.